The molecule has 0 aliphatic carbocycles. The van der Waals surface area contributed by atoms with E-state index in [1.807, 2.05) is 0 Å². The van der Waals surface area contributed by atoms with Crippen LogP contribution < -0.4 is 5.32 Å². The van der Waals surface area contributed by atoms with Gasteiger partial charge in [0.1, 0.15) is 0 Å². The number of imide groups is 2. The number of amides is 6. The van der Waals surface area contributed by atoms with Crippen molar-refractivity contribution >= 4 is 47.4 Å². The van der Waals surface area contributed by atoms with E-state index in [1.165, 1.54) is 48.6 Å². The maximum atomic E-state index is 10.3. The van der Waals surface area contributed by atoms with Crippen LogP contribution in [-0.2, 0) is 104 Å². The summed E-state index contributed by atoms with van der Waals surface area (Å²) in [6.45, 7) is 10.0. The summed E-state index contributed by atoms with van der Waals surface area (Å²) in [5, 5.41) is 20.2. The van der Waals surface area contributed by atoms with E-state index in [0.717, 1.165) is 18.7 Å². The van der Waals surface area contributed by atoms with Crippen molar-refractivity contribution in [2.24, 2.45) is 0 Å². The Hall–Kier alpha value is -1.63. The fraction of sp³-hybridized carbons (Fsp3) is 0.545. The molecule has 0 aromatic carbocycles. The molecule has 0 saturated carbocycles. The van der Waals surface area contributed by atoms with E-state index >= 15 is 0 Å². The molecule has 16 heteroatoms. The number of nitrogens with zero attached hydrogens (tertiary/aromatic N) is 2. The van der Waals surface area contributed by atoms with E-state index in [4.69, 9.17) is 30.3 Å². The van der Waals surface area contributed by atoms with Crippen LogP contribution in [0.4, 0.5) is 0 Å². The molecule has 0 fully saturated rings. The number of hydrogen-bond acceptors (Lipinski definition) is 8. The SMILES string of the molecule is C.C.CC(=O)N(C)C(C)=O.CC(=O)O.CC(=O)O.CC(=O)[N-]C(C)=O.CC([NH-])=O.CNC(C)=O.[CH3-].[CH3-].[Y].[Y]. The molecule has 0 heterocycles. The monoisotopic (exact) mass is 706 g/mol. The smallest absolute Gasteiger partial charge is 0.300 e. The Morgan fingerprint density at radius 2 is 0.789 bits per heavy atom. The average Bonchev–Trinajstić information content (AvgIpc) is 2.52. The molecule has 0 unspecified atom stereocenters. The summed E-state index contributed by atoms with van der Waals surface area (Å²) in [6.07, 6.45) is 0. The second kappa shape index (κ2) is 55.8. The normalized spacial score (nSPS) is 6.05. The maximum Gasteiger partial charge on any atom is 0.300 e. The fourth-order valence-corrected chi connectivity index (χ4v) is 0.443. The quantitative estimate of drug-likeness (QED) is 0.312. The van der Waals surface area contributed by atoms with E-state index in [9.17, 15) is 24.0 Å². The molecule has 0 rings (SSSR count). The zero-order valence-corrected chi connectivity index (χ0v) is 28.9. The van der Waals surface area contributed by atoms with E-state index in [0.29, 0.717) is 0 Å². The molecule has 0 bridgehead atoms. The summed E-state index contributed by atoms with van der Waals surface area (Å²) in [6, 6.07) is 0. The zero-order valence-electron chi connectivity index (χ0n) is 23.2. The van der Waals surface area contributed by atoms with Gasteiger partial charge in [0, 0.05) is 120 Å². The van der Waals surface area contributed by atoms with Crippen LogP contribution in [0.25, 0.3) is 11.1 Å². The van der Waals surface area contributed by atoms with Crippen LogP contribution >= 0.6 is 0 Å². The minimum atomic E-state index is -0.833. The van der Waals surface area contributed by atoms with Crippen LogP contribution in [0.1, 0.15) is 70.2 Å². The van der Waals surface area contributed by atoms with Gasteiger partial charge in [-0.05, 0) is 20.8 Å². The van der Waals surface area contributed by atoms with Crippen molar-refractivity contribution in [1.29, 1.82) is 0 Å². The number of aliphatic carboxylic acids is 2. The molecule has 2 radical (unpaired) electrons. The van der Waals surface area contributed by atoms with Gasteiger partial charge in [-0.1, -0.05) is 14.9 Å². The van der Waals surface area contributed by atoms with Crippen molar-refractivity contribution in [2.75, 3.05) is 14.1 Å². The molecule has 0 aliphatic rings. The molecule has 6 amide bonds. The number of carbonyl (C=O) groups is 8. The molecular weight excluding hydrogens is 658 g/mol. The van der Waals surface area contributed by atoms with Gasteiger partial charge in [0.05, 0.1) is 11.8 Å². The molecule has 226 valence electrons. The van der Waals surface area contributed by atoms with Crippen molar-refractivity contribution in [3.8, 4) is 0 Å². The number of carbonyl (C=O) groups excluding carboxylic acids is 6. The third-order valence-corrected chi connectivity index (χ3v) is 1.61. The Labute approximate surface area is 279 Å². The fourth-order valence-electron chi connectivity index (χ4n) is 0.443. The number of carboxylic acids is 2. The van der Waals surface area contributed by atoms with Crippen LogP contribution in [0.3, 0.4) is 0 Å². The Kier molecular flexibility index (Phi) is 112. The van der Waals surface area contributed by atoms with Crippen molar-refractivity contribution in [3.63, 3.8) is 0 Å². The van der Waals surface area contributed by atoms with Crippen molar-refractivity contribution in [1.82, 2.24) is 10.2 Å². The van der Waals surface area contributed by atoms with E-state index in [1.54, 1.807) is 7.05 Å². The second-order valence-electron chi connectivity index (χ2n) is 5.15. The predicted octanol–water partition coefficient (Wildman–Crippen LogP) is 3.15. The Bertz CT molecular complexity index is 567. The maximum absolute atomic E-state index is 10.3. The summed E-state index contributed by atoms with van der Waals surface area (Å²) in [4.78, 5) is 78.2. The van der Waals surface area contributed by atoms with Crippen molar-refractivity contribution in [2.45, 2.75) is 70.2 Å². The minimum absolute atomic E-state index is 0. The predicted molar refractivity (Wildman–Crippen MR) is 141 cm³/mol. The van der Waals surface area contributed by atoms with Gasteiger partial charge in [-0.2, -0.15) is 0 Å². The topological polar surface area (TPSA) is 230 Å². The zero-order chi connectivity index (χ0) is 27.6. The van der Waals surface area contributed by atoms with Crippen molar-refractivity contribution < 1.29 is 114 Å². The van der Waals surface area contributed by atoms with Gasteiger partial charge in [-0.25, -0.2) is 0 Å². The molecule has 0 spiro atoms. The first-order valence-electron chi connectivity index (χ1n) is 8.42. The van der Waals surface area contributed by atoms with Crippen molar-refractivity contribution in [3.05, 3.63) is 25.9 Å². The largest absolute Gasteiger partial charge is 0.668 e. The van der Waals surface area contributed by atoms with E-state index in [-0.39, 0.29) is 113 Å². The first kappa shape index (κ1) is 76.6. The van der Waals surface area contributed by atoms with Gasteiger partial charge in [0.25, 0.3) is 11.9 Å². The minimum Gasteiger partial charge on any atom is -0.668 e. The van der Waals surface area contributed by atoms with Gasteiger partial charge < -0.3 is 55.8 Å². The Morgan fingerprint density at radius 3 is 0.789 bits per heavy atom. The van der Waals surface area contributed by atoms with Crippen LogP contribution in [0, 0.1) is 14.9 Å². The molecular formula is C22H48N4O10Y2-4. The summed E-state index contributed by atoms with van der Waals surface area (Å²) in [7, 11) is 3.05. The molecule has 4 N–H and O–H groups in total. The summed E-state index contributed by atoms with van der Waals surface area (Å²) in [5.41, 5.74) is 5.94. The molecule has 14 nitrogen and oxygen atoms in total. The van der Waals surface area contributed by atoms with Gasteiger partial charge in [-0.3, -0.25) is 28.9 Å². The van der Waals surface area contributed by atoms with Crippen LogP contribution in [0.2, 0.25) is 0 Å². The number of rotatable bonds is 0. The summed E-state index contributed by atoms with van der Waals surface area (Å²) < 4.78 is 0. The van der Waals surface area contributed by atoms with E-state index < -0.39 is 29.7 Å². The molecule has 0 saturated heterocycles. The van der Waals surface area contributed by atoms with Gasteiger partial charge in [0.2, 0.25) is 17.7 Å². The first-order valence-corrected chi connectivity index (χ1v) is 8.42. The van der Waals surface area contributed by atoms with Gasteiger partial charge in [0.15, 0.2) is 0 Å². The van der Waals surface area contributed by atoms with Crippen LogP contribution in [-0.4, -0.2) is 76.6 Å². The Balaban J connectivity index is -0.0000000211. The molecule has 0 atom stereocenters. The second-order valence-corrected chi connectivity index (χ2v) is 5.15. The van der Waals surface area contributed by atoms with Crippen LogP contribution in [0.5, 0.6) is 0 Å². The third-order valence-electron chi connectivity index (χ3n) is 1.61. The number of hydrogen-bond donors (Lipinski definition) is 3. The standard InChI is InChI=1S/C5H9NO2.C4H7NO2.C3H7NO.C2H5NO.2C2H4O2.2CH4.2CH3.2Y/c1-4(7)6(3)5(2)8;1-3(6)5-4(2)7;1-3(5)4-2;3*1-2(3)4;;;;;;/h1-3H3;1-2H3,(H,5,6,7);1-2H3,(H,4,5);1H3,(H2,3,4);2*1H3,(H,3,4);2*1H4;2*1H3;;/q;;;;;;;;2*-1;;/p-2. The Morgan fingerprint density at radius 1 is 0.658 bits per heavy atom. The number of nitrogens with one attached hydrogen (secondary N) is 2. The summed E-state index contributed by atoms with van der Waals surface area (Å²) >= 11 is 0. The molecule has 0 aromatic heterocycles. The third kappa shape index (κ3) is 250. The average molecular weight is 706 g/mol. The first-order chi connectivity index (χ1) is 14.1. The molecule has 0 aromatic rings. The molecule has 0 aliphatic heterocycles. The van der Waals surface area contributed by atoms with Gasteiger partial charge in [-0.15, -0.1) is 0 Å². The molecule has 38 heavy (non-hydrogen) atoms. The van der Waals surface area contributed by atoms with E-state index in [2.05, 4.69) is 10.6 Å². The number of carboxylic acid groups (broad SMARTS) is 2. The summed E-state index contributed by atoms with van der Waals surface area (Å²) in [5.74, 6) is -3.57. The van der Waals surface area contributed by atoms with Crippen LogP contribution in [0.15, 0.2) is 0 Å². The van der Waals surface area contributed by atoms with Gasteiger partial charge >= 0.3 is 0 Å².